The van der Waals surface area contributed by atoms with Crippen LogP contribution in [0, 0.1) is 0 Å². The van der Waals surface area contributed by atoms with E-state index in [1.807, 2.05) is 60.7 Å². The first-order valence-electron chi connectivity index (χ1n) is 12.4. The predicted octanol–water partition coefficient (Wildman–Crippen LogP) is 4.44. The van der Waals surface area contributed by atoms with Crippen molar-refractivity contribution in [2.45, 2.75) is 12.1 Å². The second-order valence-electron chi connectivity index (χ2n) is 8.90. The van der Waals surface area contributed by atoms with Crippen LogP contribution in [-0.2, 0) is 9.47 Å². The minimum atomic E-state index is -0.319. The van der Waals surface area contributed by atoms with Gasteiger partial charge in [-0.25, -0.2) is 0 Å². The number of carbonyl (C=O) groups is 1. The average molecular weight is 473 g/mol. The number of ether oxygens (including phenoxy) is 3. The third-order valence-corrected chi connectivity index (χ3v) is 6.70. The Balaban J connectivity index is 1.46. The summed E-state index contributed by atoms with van der Waals surface area (Å²) >= 11 is 0. The summed E-state index contributed by atoms with van der Waals surface area (Å²) < 4.78 is 17.2. The molecule has 2 aliphatic heterocycles. The third-order valence-electron chi connectivity index (χ3n) is 6.70. The molecule has 2 saturated heterocycles. The number of nitrogens with zero attached hydrogens (tertiary/aromatic N) is 2. The molecule has 6 heteroatoms. The van der Waals surface area contributed by atoms with Crippen LogP contribution in [0.15, 0.2) is 84.9 Å². The van der Waals surface area contributed by atoms with Crippen LogP contribution in [0.2, 0.25) is 0 Å². The van der Waals surface area contributed by atoms with Gasteiger partial charge in [0.1, 0.15) is 11.5 Å². The number of ketones is 1. The van der Waals surface area contributed by atoms with Crippen LogP contribution in [0.4, 0.5) is 0 Å². The summed E-state index contributed by atoms with van der Waals surface area (Å²) in [6.45, 7) is 5.71. The highest BCUT2D eigenvalue weighted by Gasteiger charge is 2.39. The number of carbonyl (C=O) groups excluding carboxylic acids is 1. The molecule has 0 saturated carbocycles. The van der Waals surface area contributed by atoms with Gasteiger partial charge in [-0.2, -0.15) is 0 Å². The van der Waals surface area contributed by atoms with Crippen molar-refractivity contribution in [3.63, 3.8) is 0 Å². The molecule has 0 aliphatic carbocycles. The van der Waals surface area contributed by atoms with Crippen molar-refractivity contribution in [1.29, 1.82) is 0 Å². The van der Waals surface area contributed by atoms with E-state index in [1.165, 1.54) is 0 Å². The fraction of sp³-hybridized carbons (Fsp3) is 0.345. The van der Waals surface area contributed by atoms with E-state index in [0.29, 0.717) is 37.7 Å². The van der Waals surface area contributed by atoms with Gasteiger partial charge in [-0.15, -0.1) is 0 Å². The van der Waals surface area contributed by atoms with Crippen LogP contribution in [0.5, 0.6) is 11.5 Å². The Kier molecular flexibility index (Phi) is 7.85. The maximum Gasteiger partial charge on any atom is 0.181 e. The van der Waals surface area contributed by atoms with E-state index >= 15 is 0 Å². The highest BCUT2D eigenvalue weighted by atomic mass is 16.5. The Hall–Kier alpha value is -3.03. The molecule has 182 valence electrons. The number of benzene rings is 3. The van der Waals surface area contributed by atoms with E-state index in [4.69, 9.17) is 14.2 Å². The van der Waals surface area contributed by atoms with E-state index in [2.05, 4.69) is 34.1 Å². The summed E-state index contributed by atoms with van der Waals surface area (Å²) in [5.41, 5.74) is 1.85. The van der Waals surface area contributed by atoms with Crippen LogP contribution >= 0.6 is 0 Å². The van der Waals surface area contributed by atoms with Crippen LogP contribution < -0.4 is 4.74 Å². The van der Waals surface area contributed by atoms with Crippen molar-refractivity contribution in [3.8, 4) is 11.5 Å². The van der Waals surface area contributed by atoms with Gasteiger partial charge in [-0.05, 0) is 42.0 Å². The number of hydrogen-bond acceptors (Lipinski definition) is 6. The standard InChI is InChI=1S/C29H32N2O4/c32-29(24-11-13-26(14-12-24)35-25-9-5-2-6-10-25)28(31-17-21-34-22-18-31)27(23-7-3-1-4-8-23)30-15-19-33-20-16-30/h1-14,27-28H,15-22H2/t27-,28+/m0/s1. The van der Waals surface area contributed by atoms with E-state index in [0.717, 1.165) is 37.5 Å². The second kappa shape index (κ2) is 11.6. The van der Waals surface area contributed by atoms with Crippen molar-refractivity contribution in [2.24, 2.45) is 0 Å². The molecule has 3 aromatic carbocycles. The fourth-order valence-electron chi connectivity index (χ4n) is 4.95. The minimum Gasteiger partial charge on any atom is -0.457 e. The number of para-hydroxylation sites is 1. The molecule has 2 atom stereocenters. The van der Waals surface area contributed by atoms with Crippen molar-refractivity contribution < 1.29 is 19.0 Å². The molecule has 0 aromatic heterocycles. The molecule has 2 aliphatic rings. The van der Waals surface area contributed by atoms with Gasteiger partial charge in [0.15, 0.2) is 5.78 Å². The monoisotopic (exact) mass is 472 g/mol. The van der Waals surface area contributed by atoms with E-state index in [9.17, 15) is 4.79 Å². The summed E-state index contributed by atoms with van der Waals surface area (Å²) in [6.07, 6.45) is 0. The van der Waals surface area contributed by atoms with E-state index < -0.39 is 0 Å². The van der Waals surface area contributed by atoms with Crippen molar-refractivity contribution >= 4 is 5.78 Å². The Labute approximate surface area is 207 Å². The van der Waals surface area contributed by atoms with Gasteiger partial charge in [-0.3, -0.25) is 14.6 Å². The summed E-state index contributed by atoms with van der Waals surface area (Å²) in [5.74, 6) is 1.61. The molecule has 2 heterocycles. The van der Waals surface area contributed by atoms with Crippen molar-refractivity contribution in [2.75, 3.05) is 52.6 Å². The molecule has 0 unspecified atom stereocenters. The van der Waals surface area contributed by atoms with Gasteiger partial charge in [-0.1, -0.05) is 48.5 Å². The third kappa shape index (κ3) is 5.80. The Morgan fingerprint density at radius 2 is 1.17 bits per heavy atom. The largest absolute Gasteiger partial charge is 0.457 e. The van der Waals surface area contributed by atoms with Crippen LogP contribution in [0.3, 0.4) is 0 Å². The number of morpholine rings is 2. The average Bonchev–Trinajstić information content (AvgIpc) is 2.94. The lowest BCUT2D eigenvalue weighted by Gasteiger charge is -2.44. The lowest BCUT2D eigenvalue weighted by Crippen LogP contribution is -2.55. The quantitative estimate of drug-likeness (QED) is 0.452. The van der Waals surface area contributed by atoms with Crippen molar-refractivity contribution in [1.82, 2.24) is 9.80 Å². The molecule has 2 fully saturated rings. The summed E-state index contributed by atoms with van der Waals surface area (Å²) in [4.78, 5) is 18.9. The fourth-order valence-corrected chi connectivity index (χ4v) is 4.95. The first kappa shape index (κ1) is 23.7. The molecule has 0 radical (unpaired) electrons. The smallest absolute Gasteiger partial charge is 0.181 e. The molecule has 0 spiro atoms. The van der Waals surface area contributed by atoms with Crippen LogP contribution in [0.25, 0.3) is 0 Å². The highest BCUT2D eigenvalue weighted by Crippen LogP contribution is 2.32. The van der Waals surface area contributed by atoms with Crippen LogP contribution in [0.1, 0.15) is 22.0 Å². The second-order valence-corrected chi connectivity index (χ2v) is 8.90. The minimum absolute atomic E-state index is 0.0639. The van der Waals surface area contributed by atoms with Crippen LogP contribution in [-0.4, -0.2) is 74.2 Å². The van der Waals surface area contributed by atoms with Gasteiger partial charge >= 0.3 is 0 Å². The maximum atomic E-state index is 14.2. The molecular formula is C29H32N2O4. The normalized spacial score (nSPS) is 19.1. The zero-order chi connectivity index (χ0) is 23.9. The van der Waals surface area contributed by atoms with Gasteiger partial charge < -0.3 is 14.2 Å². The molecule has 3 aromatic rings. The zero-order valence-electron chi connectivity index (χ0n) is 19.9. The number of Topliss-reactive ketones (excluding diaryl/α,β-unsaturated/α-hetero) is 1. The van der Waals surface area contributed by atoms with Gasteiger partial charge in [0, 0.05) is 31.7 Å². The lowest BCUT2D eigenvalue weighted by atomic mass is 9.89. The molecule has 0 N–H and O–H groups in total. The lowest BCUT2D eigenvalue weighted by molar-refractivity contribution is -0.0301. The Morgan fingerprint density at radius 3 is 1.77 bits per heavy atom. The molecular weight excluding hydrogens is 440 g/mol. The molecule has 0 amide bonds. The maximum absolute atomic E-state index is 14.2. The molecule has 0 bridgehead atoms. The summed E-state index contributed by atoms with van der Waals surface area (Å²) in [7, 11) is 0. The van der Waals surface area contributed by atoms with Gasteiger partial charge in [0.2, 0.25) is 0 Å². The molecule has 5 rings (SSSR count). The number of hydrogen-bond donors (Lipinski definition) is 0. The topological polar surface area (TPSA) is 51.2 Å². The molecule has 35 heavy (non-hydrogen) atoms. The zero-order valence-corrected chi connectivity index (χ0v) is 19.9. The number of rotatable bonds is 8. The Morgan fingerprint density at radius 1 is 0.657 bits per heavy atom. The van der Waals surface area contributed by atoms with E-state index in [1.54, 1.807) is 0 Å². The SMILES string of the molecule is O=C(c1ccc(Oc2ccccc2)cc1)[C@@H]([C@H](c1ccccc1)N1CCOCC1)N1CCOCC1. The highest BCUT2D eigenvalue weighted by molar-refractivity contribution is 6.00. The first-order valence-corrected chi connectivity index (χ1v) is 12.4. The predicted molar refractivity (Wildman–Crippen MR) is 135 cm³/mol. The van der Waals surface area contributed by atoms with Gasteiger partial charge in [0.05, 0.1) is 38.5 Å². The summed E-state index contributed by atoms with van der Waals surface area (Å²) in [5, 5.41) is 0. The molecule has 6 nitrogen and oxygen atoms in total. The van der Waals surface area contributed by atoms with Crippen molar-refractivity contribution in [3.05, 3.63) is 96.1 Å². The Bertz CT molecular complexity index is 1060. The first-order chi connectivity index (χ1) is 17.3. The van der Waals surface area contributed by atoms with E-state index in [-0.39, 0.29) is 17.9 Å². The van der Waals surface area contributed by atoms with Gasteiger partial charge in [0.25, 0.3) is 0 Å². The summed E-state index contributed by atoms with van der Waals surface area (Å²) in [6, 6.07) is 27.2.